The van der Waals surface area contributed by atoms with E-state index < -0.39 is 28.3 Å². The van der Waals surface area contributed by atoms with Crippen molar-refractivity contribution in [2.24, 2.45) is 5.92 Å². The molecule has 0 aliphatic rings. The molecule has 0 aliphatic heterocycles. The van der Waals surface area contributed by atoms with Crippen LogP contribution in [0, 0.1) is 11.7 Å². The Hall–Kier alpha value is -2.58. The smallest absolute Gasteiger partial charge is 0.243 e. The molecule has 156 valence electrons. The maximum Gasteiger partial charge on any atom is 0.243 e. The molecule has 8 heteroatoms. The SMILES string of the molecule is CC(=O)c1cccc(NC(=O)CN(CCC(C)C)S(=O)(=O)c2ccc(F)cc2)c1. The Balaban J connectivity index is 2.21. The van der Waals surface area contributed by atoms with Gasteiger partial charge in [-0.15, -0.1) is 0 Å². The van der Waals surface area contributed by atoms with Crippen LogP contribution in [0.3, 0.4) is 0 Å². The van der Waals surface area contributed by atoms with E-state index in [1.807, 2.05) is 13.8 Å². The first-order valence-electron chi connectivity index (χ1n) is 9.26. The number of carbonyl (C=O) groups excluding carboxylic acids is 2. The van der Waals surface area contributed by atoms with Gasteiger partial charge < -0.3 is 5.32 Å². The van der Waals surface area contributed by atoms with Crippen LogP contribution >= 0.6 is 0 Å². The van der Waals surface area contributed by atoms with Crippen LogP contribution in [-0.4, -0.2) is 37.5 Å². The third-order valence-electron chi connectivity index (χ3n) is 4.28. The van der Waals surface area contributed by atoms with Crippen molar-refractivity contribution in [3.05, 3.63) is 59.9 Å². The van der Waals surface area contributed by atoms with Crippen molar-refractivity contribution >= 4 is 27.4 Å². The van der Waals surface area contributed by atoms with Gasteiger partial charge in [-0.1, -0.05) is 26.0 Å². The minimum absolute atomic E-state index is 0.0750. The molecule has 0 aliphatic carbocycles. The molecule has 0 bridgehead atoms. The highest BCUT2D eigenvalue weighted by Gasteiger charge is 2.26. The van der Waals surface area contributed by atoms with Crippen molar-refractivity contribution in [1.82, 2.24) is 4.31 Å². The van der Waals surface area contributed by atoms with E-state index in [2.05, 4.69) is 5.32 Å². The number of benzene rings is 2. The second-order valence-corrected chi connectivity index (χ2v) is 9.10. The molecule has 29 heavy (non-hydrogen) atoms. The van der Waals surface area contributed by atoms with Gasteiger partial charge in [0, 0.05) is 17.8 Å². The summed E-state index contributed by atoms with van der Waals surface area (Å²) >= 11 is 0. The van der Waals surface area contributed by atoms with E-state index in [-0.39, 0.29) is 23.1 Å². The predicted octanol–water partition coefficient (Wildman–Crippen LogP) is 3.70. The fraction of sp³-hybridized carbons (Fsp3) is 0.333. The number of nitrogens with one attached hydrogen (secondary N) is 1. The molecule has 0 saturated heterocycles. The first-order chi connectivity index (χ1) is 13.6. The van der Waals surface area contributed by atoms with Gasteiger partial charge in [0.05, 0.1) is 11.4 Å². The highest BCUT2D eigenvalue weighted by Crippen LogP contribution is 2.18. The number of sulfonamides is 1. The number of nitrogens with zero attached hydrogens (tertiary/aromatic N) is 1. The topological polar surface area (TPSA) is 83.6 Å². The second kappa shape index (κ2) is 9.76. The average molecular weight is 421 g/mol. The molecule has 2 aromatic carbocycles. The second-order valence-electron chi connectivity index (χ2n) is 7.16. The lowest BCUT2D eigenvalue weighted by Gasteiger charge is -2.22. The van der Waals surface area contributed by atoms with Gasteiger partial charge in [-0.25, -0.2) is 12.8 Å². The zero-order valence-corrected chi connectivity index (χ0v) is 17.5. The Kier molecular flexibility index (Phi) is 7.64. The van der Waals surface area contributed by atoms with Gasteiger partial charge >= 0.3 is 0 Å². The predicted molar refractivity (Wildman–Crippen MR) is 110 cm³/mol. The zero-order valence-electron chi connectivity index (χ0n) is 16.7. The number of ketones is 1. The van der Waals surface area contributed by atoms with Crippen LogP contribution in [0.25, 0.3) is 0 Å². The Morgan fingerprint density at radius 3 is 2.34 bits per heavy atom. The number of amides is 1. The van der Waals surface area contributed by atoms with E-state index >= 15 is 0 Å². The lowest BCUT2D eigenvalue weighted by molar-refractivity contribution is -0.116. The summed E-state index contributed by atoms with van der Waals surface area (Å²) in [5, 5.41) is 2.63. The van der Waals surface area contributed by atoms with Gasteiger partial charge in [0.1, 0.15) is 5.82 Å². The van der Waals surface area contributed by atoms with Gasteiger partial charge in [0.15, 0.2) is 5.78 Å². The molecule has 0 fully saturated rings. The van der Waals surface area contributed by atoms with E-state index in [1.54, 1.807) is 18.2 Å². The molecule has 0 atom stereocenters. The van der Waals surface area contributed by atoms with Crippen molar-refractivity contribution in [2.45, 2.75) is 32.1 Å². The van der Waals surface area contributed by atoms with Gasteiger partial charge in [-0.3, -0.25) is 9.59 Å². The summed E-state index contributed by atoms with van der Waals surface area (Å²) < 4.78 is 40.2. The van der Waals surface area contributed by atoms with Crippen molar-refractivity contribution in [1.29, 1.82) is 0 Å². The minimum atomic E-state index is -3.97. The van der Waals surface area contributed by atoms with Crippen LogP contribution in [0.1, 0.15) is 37.6 Å². The summed E-state index contributed by atoms with van der Waals surface area (Å²) in [5.41, 5.74) is 0.851. The van der Waals surface area contributed by atoms with Crippen LogP contribution in [0.2, 0.25) is 0 Å². The van der Waals surface area contributed by atoms with E-state index in [0.29, 0.717) is 17.7 Å². The molecule has 2 aromatic rings. The monoisotopic (exact) mass is 420 g/mol. The summed E-state index contributed by atoms with van der Waals surface area (Å²) in [5.74, 6) is -0.976. The standard InChI is InChI=1S/C21H25FN2O4S/c1-15(2)11-12-24(29(27,28)20-9-7-18(22)8-10-20)14-21(26)23-19-6-4-5-17(13-19)16(3)25/h4-10,13,15H,11-12,14H2,1-3H3,(H,23,26). The quantitative estimate of drug-likeness (QED) is 0.627. The fourth-order valence-corrected chi connectivity index (χ4v) is 4.03. The summed E-state index contributed by atoms with van der Waals surface area (Å²) in [4.78, 5) is 23.9. The van der Waals surface area contributed by atoms with Crippen molar-refractivity contribution < 1.29 is 22.4 Å². The van der Waals surface area contributed by atoms with Crippen LogP contribution in [0.4, 0.5) is 10.1 Å². The third-order valence-corrected chi connectivity index (χ3v) is 6.14. The zero-order chi connectivity index (χ0) is 21.6. The number of Topliss-reactive ketones (excluding diaryl/α,β-unsaturated/α-hetero) is 1. The molecule has 0 aromatic heterocycles. The Morgan fingerprint density at radius 2 is 1.76 bits per heavy atom. The minimum Gasteiger partial charge on any atom is -0.325 e. The molecule has 0 heterocycles. The molecule has 2 rings (SSSR count). The molecule has 0 unspecified atom stereocenters. The molecular weight excluding hydrogens is 395 g/mol. The number of rotatable bonds is 9. The Morgan fingerprint density at radius 1 is 1.10 bits per heavy atom. The van der Waals surface area contributed by atoms with Crippen LogP contribution in [0.15, 0.2) is 53.4 Å². The first-order valence-corrected chi connectivity index (χ1v) is 10.7. The summed E-state index contributed by atoms with van der Waals surface area (Å²) in [6.45, 7) is 5.09. The maximum atomic E-state index is 13.2. The number of hydrogen-bond acceptors (Lipinski definition) is 4. The fourth-order valence-electron chi connectivity index (χ4n) is 2.62. The van der Waals surface area contributed by atoms with Crippen molar-refractivity contribution in [2.75, 3.05) is 18.4 Å². The molecule has 1 amide bonds. The lowest BCUT2D eigenvalue weighted by atomic mass is 10.1. The van der Waals surface area contributed by atoms with E-state index in [1.165, 1.54) is 25.1 Å². The van der Waals surface area contributed by atoms with Crippen molar-refractivity contribution in [3.8, 4) is 0 Å². The molecule has 0 radical (unpaired) electrons. The molecular formula is C21H25FN2O4S. The molecule has 0 spiro atoms. The van der Waals surface area contributed by atoms with Gasteiger partial charge in [-0.2, -0.15) is 4.31 Å². The summed E-state index contributed by atoms with van der Waals surface area (Å²) in [6.07, 6.45) is 0.563. The normalized spacial score (nSPS) is 11.7. The number of hydrogen-bond donors (Lipinski definition) is 1. The third kappa shape index (κ3) is 6.47. The molecule has 6 nitrogen and oxygen atoms in total. The Bertz CT molecular complexity index is 972. The number of anilines is 1. The van der Waals surface area contributed by atoms with E-state index in [9.17, 15) is 22.4 Å². The number of halogens is 1. The molecule has 0 saturated carbocycles. The van der Waals surface area contributed by atoms with Gasteiger partial charge in [-0.05, 0) is 55.7 Å². The average Bonchev–Trinajstić information content (AvgIpc) is 2.65. The Labute approximate surface area is 170 Å². The number of carbonyl (C=O) groups is 2. The first kappa shape index (κ1) is 22.7. The summed E-state index contributed by atoms with van der Waals surface area (Å²) in [7, 11) is -3.97. The lowest BCUT2D eigenvalue weighted by Crippen LogP contribution is -2.39. The van der Waals surface area contributed by atoms with Gasteiger partial charge in [0.2, 0.25) is 15.9 Å². The maximum absolute atomic E-state index is 13.2. The van der Waals surface area contributed by atoms with Crippen molar-refractivity contribution in [3.63, 3.8) is 0 Å². The largest absolute Gasteiger partial charge is 0.325 e. The van der Waals surface area contributed by atoms with E-state index in [4.69, 9.17) is 0 Å². The van der Waals surface area contributed by atoms with Crippen LogP contribution in [0.5, 0.6) is 0 Å². The van der Waals surface area contributed by atoms with E-state index in [0.717, 1.165) is 16.4 Å². The highest BCUT2D eigenvalue weighted by molar-refractivity contribution is 7.89. The molecule has 1 N–H and O–H groups in total. The highest BCUT2D eigenvalue weighted by atomic mass is 32.2. The summed E-state index contributed by atoms with van der Waals surface area (Å²) in [6, 6.07) is 10.9. The van der Waals surface area contributed by atoms with Gasteiger partial charge in [0.25, 0.3) is 0 Å². The van der Waals surface area contributed by atoms with Crippen LogP contribution < -0.4 is 5.32 Å². The van der Waals surface area contributed by atoms with Crippen LogP contribution in [-0.2, 0) is 14.8 Å².